The van der Waals surface area contributed by atoms with Crippen LogP contribution in [0.15, 0.2) is 79.0 Å². The maximum atomic E-state index is 13.3. The molecule has 132 valence electrons. The Balaban J connectivity index is 2.10. The van der Waals surface area contributed by atoms with Crippen molar-refractivity contribution in [3.63, 3.8) is 0 Å². The first kappa shape index (κ1) is 17.0. The smallest absolute Gasteiger partial charge is 0.281 e. The molecule has 0 unspecified atom stereocenters. The standard InChI is InChI=1S/C21H13ClN2O3/c22-16-10-8-14(9-11-16)19-18(24(26)27)13-17-7-4-12-23(17)20(19)21(25)15-5-2-1-3-6-15/h1-13H. The number of fused-ring (bicyclic) bond motifs is 1. The van der Waals surface area contributed by atoms with E-state index >= 15 is 0 Å². The lowest BCUT2D eigenvalue weighted by atomic mass is 9.96. The maximum Gasteiger partial charge on any atom is 0.281 e. The summed E-state index contributed by atoms with van der Waals surface area (Å²) in [5.41, 5.74) is 2.00. The van der Waals surface area contributed by atoms with Gasteiger partial charge in [-0.25, -0.2) is 0 Å². The SMILES string of the molecule is O=C(c1ccccc1)c1c(-c2ccc(Cl)cc2)c([N+](=O)[O-])cc2cccn12. The topological polar surface area (TPSA) is 64.6 Å². The van der Waals surface area contributed by atoms with Crippen LogP contribution in [0.2, 0.25) is 5.02 Å². The number of carbonyl (C=O) groups is 1. The molecule has 0 bridgehead atoms. The highest BCUT2D eigenvalue weighted by atomic mass is 35.5. The van der Waals surface area contributed by atoms with E-state index in [-0.39, 0.29) is 22.7 Å². The molecule has 0 aliphatic heterocycles. The predicted molar refractivity (Wildman–Crippen MR) is 104 cm³/mol. The molecule has 4 rings (SSSR count). The molecule has 2 aromatic carbocycles. The van der Waals surface area contributed by atoms with Crippen molar-refractivity contribution >= 4 is 28.6 Å². The largest absolute Gasteiger partial charge is 0.313 e. The van der Waals surface area contributed by atoms with Gasteiger partial charge in [0.2, 0.25) is 5.78 Å². The van der Waals surface area contributed by atoms with Crippen LogP contribution in [0.4, 0.5) is 5.69 Å². The second kappa shape index (κ2) is 6.70. The number of ketones is 1. The van der Waals surface area contributed by atoms with Crippen molar-refractivity contribution in [1.82, 2.24) is 4.40 Å². The van der Waals surface area contributed by atoms with Crippen molar-refractivity contribution in [3.8, 4) is 11.1 Å². The molecule has 4 aromatic rings. The van der Waals surface area contributed by atoms with E-state index in [2.05, 4.69) is 0 Å². The van der Waals surface area contributed by atoms with Crippen LogP contribution in [0, 0.1) is 10.1 Å². The van der Waals surface area contributed by atoms with Gasteiger partial charge < -0.3 is 4.40 Å². The van der Waals surface area contributed by atoms with Crippen molar-refractivity contribution in [1.29, 1.82) is 0 Å². The van der Waals surface area contributed by atoms with E-state index in [1.807, 2.05) is 6.07 Å². The number of aromatic nitrogens is 1. The zero-order valence-electron chi connectivity index (χ0n) is 14.0. The molecule has 5 nitrogen and oxygen atoms in total. The number of hydrogen-bond donors (Lipinski definition) is 0. The lowest BCUT2D eigenvalue weighted by Crippen LogP contribution is -2.11. The fraction of sp³-hybridized carbons (Fsp3) is 0. The van der Waals surface area contributed by atoms with Gasteiger partial charge in [0, 0.05) is 22.8 Å². The molecule has 0 aliphatic carbocycles. The average molecular weight is 377 g/mol. The molecule has 2 heterocycles. The Morgan fingerprint density at radius 3 is 2.33 bits per heavy atom. The van der Waals surface area contributed by atoms with Gasteiger partial charge in [-0.2, -0.15) is 0 Å². The van der Waals surface area contributed by atoms with E-state index < -0.39 is 4.92 Å². The lowest BCUT2D eigenvalue weighted by molar-refractivity contribution is -0.384. The maximum absolute atomic E-state index is 13.3. The van der Waals surface area contributed by atoms with Crippen molar-refractivity contribution in [3.05, 3.63) is 105 Å². The molecule has 0 radical (unpaired) electrons. The number of halogens is 1. The first-order chi connectivity index (χ1) is 13.1. The van der Waals surface area contributed by atoms with Gasteiger partial charge in [-0.05, 0) is 29.8 Å². The van der Waals surface area contributed by atoms with Crippen molar-refractivity contribution < 1.29 is 9.72 Å². The van der Waals surface area contributed by atoms with Crippen LogP contribution in [0.25, 0.3) is 16.6 Å². The van der Waals surface area contributed by atoms with Crippen LogP contribution in [0.3, 0.4) is 0 Å². The van der Waals surface area contributed by atoms with Gasteiger partial charge in [0.15, 0.2) is 0 Å². The Morgan fingerprint density at radius 1 is 0.963 bits per heavy atom. The monoisotopic (exact) mass is 376 g/mol. The predicted octanol–water partition coefficient (Wildman–Crippen LogP) is 5.40. The number of hydrogen-bond acceptors (Lipinski definition) is 3. The quantitative estimate of drug-likeness (QED) is 0.272. The summed E-state index contributed by atoms with van der Waals surface area (Å²) in [6.07, 6.45) is 1.73. The number of pyridine rings is 1. The summed E-state index contributed by atoms with van der Waals surface area (Å²) in [5, 5.41) is 12.3. The molecule has 2 aromatic heterocycles. The molecule has 0 saturated carbocycles. The minimum Gasteiger partial charge on any atom is -0.313 e. The summed E-state index contributed by atoms with van der Waals surface area (Å²) < 4.78 is 1.69. The lowest BCUT2D eigenvalue weighted by Gasteiger charge is -2.13. The first-order valence-corrected chi connectivity index (χ1v) is 8.58. The molecule has 0 aliphatic rings. The third kappa shape index (κ3) is 2.98. The highest BCUT2D eigenvalue weighted by Gasteiger charge is 2.27. The van der Waals surface area contributed by atoms with Crippen LogP contribution >= 0.6 is 11.6 Å². The van der Waals surface area contributed by atoms with Crippen LogP contribution in [0.5, 0.6) is 0 Å². The summed E-state index contributed by atoms with van der Waals surface area (Å²) in [7, 11) is 0. The number of rotatable bonds is 4. The molecule has 0 spiro atoms. The number of benzene rings is 2. The van der Waals surface area contributed by atoms with Gasteiger partial charge in [-0.1, -0.05) is 54.1 Å². The third-order valence-corrected chi connectivity index (χ3v) is 4.63. The van der Waals surface area contributed by atoms with Crippen LogP contribution in [0.1, 0.15) is 16.1 Å². The molecule has 0 atom stereocenters. The highest BCUT2D eigenvalue weighted by Crippen LogP contribution is 2.36. The van der Waals surface area contributed by atoms with Gasteiger partial charge in [0.05, 0.1) is 16.0 Å². The minimum atomic E-state index is -0.460. The second-order valence-corrected chi connectivity index (χ2v) is 6.45. The highest BCUT2D eigenvalue weighted by molar-refractivity contribution is 6.30. The molecule has 6 heteroatoms. The summed E-state index contributed by atoms with van der Waals surface area (Å²) in [5.74, 6) is -0.287. The van der Waals surface area contributed by atoms with Gasteiger partial charge >= 0.3 is 0 Å². The van der Waals surface area contributed by atoms with Crippen molar-refractivity contribution in [2.24, 2.45) is 0 Å². The van der Waals surface area contributed by atoms with E-state index in [9.17, 15) is 14.9 Å². The summed E-state index contributed by atoms with van der Waals surface area (Å²) in [6, 6.07) is 20.4. The fourth-order valence-corrected chi connectivity index (χ4v) is 3.29. The zero-order valence-corrected chi connectivity index (χ0v) is 14.8. The van der Waals surface area contributed by atoms with Gasteiger partial charge in [0.25, 0.3) is 5.69 Å². The fourth-order valence-electron chi connectivity index (χ4n) is 3.16. The Morgan fingerprint density at radius 2 is 1.67 bits per heavy atom. The summed E-state index contributed by atoms with van der Waals surface area (Å²) in [6.45, 7) is 0. The Bertz CT molecular complexity index is 1170. The Labute approximate surface area is 159 Å². The number of carbonyl (C=O) groups excluding carboxylic acids is 1. The van der Waals surface area contributed by atoms with E-state index in [0.717, 1.165) is 0 Å². The number of nitro groups is 1. The van der Waals surface area contributed by atoms with E-state index in [0.29, 0.717) is 21.7 Å². The third-order valence-electron chi connectivity index (χ3n) is 4.38. The first-order valence-electron chi connectivity index (χ1n) is 8.20. The van der Waals surface area contributed by atoms with Crippen molar-refractivity contribution in [2.75, 3.05) is 0 Å². The normalized spacial score (nSPS) is 10.9. The minimum absolute atomic E-state index is 0.122. The number of nitrogens with zero attached hydrogens (tertiary/aromatic N) is 2. The van der Waals surface area contributed by atoms with E-state index in [1.165, 1.54) is 6.07 Å². The van der Waals surface area contributed by atoms with Crippen LogP contribution in [-0.2, 0) is 0 Å². The Hall–Kier alpha value is -3.44. The van der Waals surface area contributed by atoms with Gasteiger partial charge in [-0.15, -0.1) is 0 Å². The molecule has 0 saturated heterocycles. The molecule has 0 fully saturated rings. The van der Waals surface area contributed by atoms with Gasteiger partial charge in [-0.3, -0.25) is 14.9 Å². The summed E-state index contributed by atoms with van der Waals surface area (Å²) >= 11 is 5.97. The van der Waals surface area contributed by atoms with Gasteiger partial charge in [0.1, 0.15) is 5.69 Å². The molecule has 0 N–H and O–H groups in total. The van der Waals surface area contributed by atoms with Crippen molar-refractivity contribution in [2.45, 2.75) is 0 Å². The zero-order chi connectivity index (χ0) is 19.0. The average Bonchev–Trinajstić information content (AvgIpc) is 3.15. The second-order valence-electron chi connectivity index (χ2n) is 6.02. The summed E-state index contributed by atoms with van der Waals surface area (Å²) in [4.78, 5) is 24.7. The molecule has 27 heavy (non-hydrogen) atoms. The molecule has 0 amide bonds. The molecular weight excluding hydrogens is 364 g/mol. The van der Waals surface area contributed by atoms with E-state index in [1.54, 1.807) is 71.3 Å². The van der Waals surface area contributed by atoms with Crippen LogP contribution < -0.4 is 0 Å². The molecular formula is C21H13ClN2O3. The van der Waals surface area contributed by atoms with Crippen LogP contribution in [-0.4, -0.2) is 15.1 Å². The van der Waals surface area contributed by atoms with E-state index in [4.69, 9.17) is 11.6 Å². The Kier molecular flexibility index (Phi) is 4.22.